The summed E-state index contributed by atoms with van der Waals surface area (Å²) in [6.07, 6.45) is 15.0. The van der Waals surface area contributed by atoms with Gasteiger partial charge < -0.3 is 14.9 Å². The topological polar surface area (TPSA) is 74.3 Å². The molecular formula is C28H36N6. The van der Waals surface area contributed by atoms with Gasteiger partial charge in [-0.1, -0.05) is 45.2 Å². The maximum atomic E-state index is 4.64. The number of hydrogen-bond acceptors (Lipinski definition) is 3. The highest BCUT2D eigenvalue weighted by atomic mass is 15.1. The van der Waals surface area contributed by atoms with Crippen LogP contribution in [0.15, 0.2) is 61.1 Å². The molecule has 0 atom stereocenters. The molecule has 0 spiro atoms. The quantitative estimate of drug-likeness (QED) is 0.482. The van der Waals surface area contributed by atoms with Crippen molar-refractivity contribution in [2.24, 2.45) is 0 Å². The van der Waals surface area contributed by atoms with Crippen molar-refractivity contribution >= 4 is 17.8 Å². The molecule has 0 saturated carbocycles. The van der Waals surface area contributed by atoms with Crippen molar-refractivity contribution < 1.29 is 0 Å². The molecule has 178 valence electrons. The van der Waals surface area contributed by atoms with Crippen LogP contribution in [0.4, 0.5) is 0 Å². The highest BCUT2D eigenvalue weighted by molar-refractivity contribution is 5.74. The van der Waals surface area contributed by atoms with Gasteiger partial charge in [0.2, 0.25) is 0 Å². The standard InChI is InChI=1S/C26H30N6.C2H6/c1-6-8-25(32-15-18(4)28-16-32)21-14-24(29-19(21)5)26-22(23(7-2)30-31-26)13-17(3)20-9-11-27-12-10-20;1-2/h6-9,13-16,27,29-30H,1,3,10-12H2,2,4-5H3;1-2H3/b22-13+,23-7+,25-8+;. The van der Waals surface area contributed by atoms with Crippen molar-refractivity contribution in [2.75, 3.05) is 13.1 Å². The molecule has 3 aromatic heterocycles. The number of allylic oxidation sites excluding steroid dienone is 3. The van der Waals surface area contributed by atoms with Crippen molar-refractivity contribution in [1.29, 1.82) is 0 Å². The number of aromatic nitrogens is 5. The number of aryl methyl sites for hydroxylation is 2. The van der Waals surface area contributed by atoms with E-state index in [9.17, 15) is 0 Å². The third-order valence-electron chi connectivity index (χ3n) is 5.73. The summed E-state index contributed by atoms with van der Waals surface area (Å²) in [5.41, 5.74) is 8.24. The van der Waals surface area contributed by atoms with Crippen LogP contribution >= 0.6 is 0 Å². The first-order chi connectivity index (χ1) is 16.5. The Hall–Kier alpha value is -3.64. The number of imidazole rings is 1. The number of nitrogens with one attached hydrogen (secondary N) is 3. The van der Waals surface area contributed by atoms with Gasteiger partial charge in [0.25, 0.3) is 0 Å². The molecule has 1 aliphatic rings. The third kappa shape index (κ3) is 5.29. The Morgan fingerprint density at radius 3 is 2.65 bits per heavy atom. The van der Waals surface area contributed by atoms with Gasteiger partial charge in [0.05, 0.1) is 28.8 Å². The van der Waals surface area contributed by atoms with Crippen LogP contribution in [0.2, 0.25) is 0 Å². The van der Waals surface area contributed by atoms with Crippen LogP contribution in [0.1, 0.15) is 44.1 Å². The molecule has 3 N–H and O–H groups in total. The molecule has 0 bridgehead atoms. The summed E-state index contributed by atoms with van der Waals surface area (Å²) in [4.78, 5) is 7.90. The van der Waals surface area contributed by atoms with Crippen LogP contribution in [-0.2, 0) is 0 Å². The lowest BCUT2D eigenvalue weighted by Crippen LogP contribution is -2.25. The lowest BCUT2D eigenvalue weighted by molar-refractivity contribution is 0.710. The van der Waals surface area contributed by atoms with Gasteiger partial charge in [-0.15, -0.1) is 0 Å². The Morgan fingerprint density at radius 2 is 2.03 bits per heavy atom. The molecule has 4 heterocycles. The van der Waals surface area contributed by atoms with Crippen LogP contribution in [0.3, 0.4) is 0 Å². The van der Waals surface area contributed by atoms with E-state index in [4.69, 9.17) is 0 Å². The van der Waals surface area contributed by atoms with Gasteiger partial charge in [-0.3, -0.25) is 5.10 Å². The SMILES string of the molecule is C=C/C=C(\c1cc(-c2n[nH]c(=C/C)/c2=C\C(=C)C2=CCNCC2)[nH]c1C)n1cnc(C)c1.CC. The number of nitrogens with zero attached hydrogens (tertiary/aromatic N) is 3. The average Bonchev–Trinajstić information content (AvgIpc) is 3.57. The highest BCUT2D eigenvalue weighted by Crippen LogP contribution is 2.26. The zero-order valence-corrected chi connectivity index (χ0v) is 21.0. The summed E-state index contributed by atoms with van der Waals surface area (Å²) < 4.78 is 2.02. The minimum absolute atomic E-state index is 0.878. The molecule has 6 nitrogen and oxygen atoms in total. The molecule has 0 amide bonds. The fraction of sp³-hybridized carbons (Fsp3) is 0.286. The summed E-state index contributed by atoms with van der Waals surface area (Å²) in [5.74, 6) is 0. The first-order valence-corrected chi connectivity index (χ1v) is 11.9. The molecule has 6 heteroatoms. The van der Waals surface area contributed by atoms with E-state index in [1.54, 1.807) is 6.08 Å². The third-order valence-corrected chi connectivity index (χ3v) is 5.73. The van der Waals surface area contributed by atoms with E-state index in [1.807, 2.05) is 56.9 Å². The predicted octanol–water partition coefficient (Wildman–Crippen LogP) is 4.38. The largest absolute Gasteiger partial charge is 0.357 e. The molecule has 4 rings (SSSR count). The molecule has 0 radical (unpaired) electrons. The maximum absolute atomic E-state index is 4.64. The minimum atomic E-state index is 0.878. The second-order valence-corrected chi connectivity index (χ2v) is 7.97. The van der Waals surface area contributed by atoms with E-state index >= 15 is 0 Å². The predicted molar refractivity (Wildman–Crippen MR) is 144 cm³/mol. The Morgan fingerprint density at radius 1 is 1.24 bits per heavy atom. The summed E-state index contributed by atoms with van der Waals surface area (Å²) in [5, 5.41) is 13.2. The van der Waals surface area contributed by atoms with Crippen LogP contribution in [0.5, 0.6) is 0 Å². The van der Waals surface area contributed by atoms with E-state index in [0.717, 1.165) is 69.7 Å². The fourth-order valence-electron chi connectivity index (χ4n) is 4.05. The summed E-state index contributed by atoms with van der Waals surface area (Å²) in [7, 11) is 0. The summed E-state index contributed by atoms with van der Waals surface area (Å²) >= 11 is 0. The first kappa shape index (κ1) is 25.0. The van der Waals surface area contributed by atoms with Crippen molar-refractivity contribution in [3.05, 3.63) is 88.6 Å². The van der Waals surface area contributed by atoms with Gasteiger partial charge in [-0.2, -0.15) is 5.10 Å². The second-order valence-electron chi connectivity index (χ2n) is 7.97. The molecule has 0 aromatic carbocycles. The minimum Gasteiger partial charge on any atom is -0.357 e. The van der Waals surface area contributed by atoms with Gasteiger partial charge in [-0.25, -0.2) is 4.98 Å². The van der Waals surface area contributed by atoms with Crippen LogP contribution < -0.4 is 15.9 Å². The monoisotopic (exact) mass is 456 g/mol. The molecule has 0 fully saturated rings. The summed E-state index contributed by atoms with van der Waals surface area (Å²) in [6, 6.07) is 2.14. The smallest absolute Gasteiger partial charge is 0.116 e. The van der Waals surface area contributed by atoms with Crippen molar-refractivity contribution in [1.82, 2.24) is 30.0 Å². The van der Waals surface area contributed by atoms with E-state index < -0.39 is 0 Å². The van der Waals surface area contributed by atoms with Crippen molar-refractivity contribution in [3.8, 4) is 11.4 Å². The van der Waals surface area contributed by atoms with Crippen molar-refractivity contribution in [3.63, 3.8) is 0 Å². The Bertz CT molecular complexity index is 1340. The van der Waals surface area contributed by atoms with Crippen molar-refractivity contribution in [2.45, 2.75) is 41.0 Å². The van der Waals surface area contributed by atoms with E-state index in [2.05, 4.69) is 63.8 Å². The van der Waals surface area contributed by atoms with Gasteiger partial charge in [0.1, 0.15) is 5.69 Å². The lowest BCUT2D eigenvalue weighted by Gasteiger charge is -2.13. The number of hydrogen-bond donors (Lipinski definition) is 3. The van der Waals surface area contributed by atoms with Gasteiger partial charge >= 0.3 is 0 Å². The van der Waals surface area contributed by atoms with E-state index in [0.29, 0.717) is 0 Å². The molecule has 3 aromatic rings. The van der Waals surface area contributed by atoms with E-state index in [1.165, 1.54) is 5.57 Å². The Labute approximate surface area is 202 Å². The van der Waals surface area contributed by atoms with Gasteiger partial charge in [0, 0.05) is 29.2 Å². The maximum Gasteiger partial charge on any atom is 0.116 e. The van der Waals surface area contributed by atoms with Gasteiger partial charge in [-0.05, 0) is 63.1 Å². The molecule has 0 aliphatic carbocycles. The number of aromatic amines is 2. The highest BCUT2D eigenvalue weighted by Gasteiger charge is 2.15. The summed E-state index contributed by atoms with van der Waals surface area (Å²) in [6.45, 7) is 20.2. The Balaban J connectivity index is 0.00000158. The molecule has 0 unspecified atom stereocenters. The average molecular weight is 457 g/mol. The fourth-order valence-corrected chi connectivity index (χ4v) is 4.05. The molecular weight excluding hydrogens is 420 g/mol. The normalized spacial score (nSPS) is 15.1. The zero-order chi connectivity index (χ0) is 24.7. The molecule has 34 heavy (non-hydrogen) atoms. The second kappa shape index (κ2) is 11.5. The van der Waals surface area contributed by atoms with Gasteiger partial charge in [0.15, 0.2) is 0 Å². The van der Waals surface area contributed by atoms with Crippen LogP contribution in [0.25, 0.3) is 29.2 Å². The number of H-pyrrole nitrogens is 2. The van der Waals surface area contributed by atoms with E-state index in [-0.39, 0.29) is 0 Å². The zero-order valence-electron chi connectivity index (χ0n) is 21.0. The molecule has 1 aliphatic heterocycles. The van der Waals surface area contributed by atoms with Crippen LogP contribution in [0, 0.1) is 13.8 Å². The lowest BCUT2D eigenvalue weighted by atomic mass is 10.00. The first-order valence-electron chi connectivity index (χ1n) is 11.9. The Kier molecular flexibility index (Phi) is 8.44. The van der Waals surface area contributed by atoms with Crippen LogP contribution in [-0.4, -0.2) is 37.8 Å². The molecule has 0 saturated heterocycles. The number of rotatable bonds is 6.